The number of aryl methyl sites for hydroxylation is 1. The number of nitrogens with zero attached hydrogens (tertiary/aromatic N) is 3. The van der Waals surface area contributed by atoms with E-state index >= 15 is 0 Å². The van der Waals surface area contributed by atoms with Crippen LogP contribution in [0.4, 0.5) is 5.82 Å². The van der Waals surface area contributed by atoms with Gasteiger partial charge >= 0.3 is 11.7 Å². The van der Waals surface area contributed by atoms with Gasteiger partial charge in [-0.3, -0.25) is 4.57 Å². The van der Waals surface area contributed by atoms with Crippen LogP contribution in [0.5, 0.6) is 6.01 Å². The van der Waals surface area contributed by atoms with Gasteiger partial charge in [0, 0.05) is 6.54 Å². The van der Waals surface area contributed by atoms with Crippen molar-refractivity contribution in [3.63, 3.8) is 0 Å². The van der Waals surface area contributed by atoms with Crippen molar-refractivity contribution >= 4 is 17.0 Å². The minimum atomic E-state index is -0.187. The molecule has 4 N–H and O–H groups in total. The van der Waals surface area contributed by atoms with Gasteiger partial charge in [-0.2, -0.15) is 9.97 Å². The first-order valence-electron chi connectivity index (χ1n) is 10.3. The van der Waals surface area contributed by atoms with Gasteiger partial charge in [0.2, 0.25) is 0 Å². The maximum atomic E-state index is 12.3. The van der Waals surface area contributed by atoms with E-state index in [1.807, 2.05) is 0 Å². The van der Waals surface area contributed by atoms with Crippen LogP contribution < -0.4 is 21.5 Å². The zero-order valence-electron chi connectivity index (χ0n) is 16.3. The predicted octanol–water partition coefficient (Wildman–Crippen LogP) is 2.44. The van der Waals surface area contributed by atoms with Gasteiger partial charge in [0.25, 0.3) is 0 Å². The van der Waals surface area contributed by atoms with E-state index in [1.165, 1.54) is 25.7 Å². The monoisotopic (exact) mass is 376 g/mol. The van der Waals surface area contributed by atoms with Gasteiger partial charge in [-0.1, -0.05) is 26.2 Å². The molecule has 1 aliphatic heterocycles. The molecule has 0 saturated carbocycles. The Bertz CT molecular complexity index is 778. The number of hydrogen-bond donors (Lipinski definition) is 3. The second-order valence-corrected chi connectivity index (χ2v) is 7.44. The number of hydrogen-bond acceptors (Lipinski definition) is 6. The number of nitrogen functional groups attached to an aromatic ring is 1. The molecule has 1 aliphatic rings. The number of fused-ring (bicyclic) bond motifs is 1. The molecule has 0 radical (unpaired) electrons. The molecule has 2 aromatic rings. The average Bonchev–Trinajstić information content (AvgIpc) is 2.99. The first kappa shape index (κ1) is 19.7. The lowest BCUT2D eigenvalue weighted by atomic mass is 9.94. The first-order valence-corrected chi connectivity index (χ1v) is 10.3. The fourth-order valence-electron chi connectivity index (χ4n) is 3.66. The van der Waals surface area contributed by atoms with Crippen LogP contribution in [0.15, 0.2) is 4.79 Å². The van der Waals surface area contributed by atoms with Crippen LogP contribution in [-0.4, -0.2) is 39.2 Å². The molecule has 1 saturated heterocycles. The van der Waals surface area contributed by atoms with Crippen LogP contribution in [0.2, 0.25) is 0 Å². The minimum Gasteiger partial charge on any atom is -0.463 e. The standard InChI is InChI=1S/C19H32N6O2/c1-2-3-12-27-18-23-16(20)15-17(24-18)25(19(26)22-15)11-6-4-5-8-14-9-7-10-21-13-14/h14,21H,2-13H2,1H3,(H,22,26)(H2,20,23,24). The highest BCUT2D eigenvalue weighted by Crippen LogP contribution is 2.20. The summed E-state index contributed by atoms with van der Waals surface area (Å²) < 4.78 is 7.23. The number of aromatic amines is 1. The Balaban J connectivity index is 1.57. The average molecular weight is 377 g/mol. The highest BCUT2D eigenvalue weighted by atomic mass is 16.5. The van der Waals surface area contributed by atoms with E-state index in [2.05, 4.69) is 27.2 Å². The third kappa shape index (κ3) is 5.22. The second kappa shape index (κ2) is 9.73. The topological polar surface area (TPSA) is 111 Å². The van der Waals surface area contributed by atoms with Crippen LogP contribution in [0.3, 0.4) is 0 Å². The van der Waals surface area contributed by atoms with Crippen LogP contribution in [0.25, 0.3) is 11.2 Å². The van der Waals surface area contributed by atoms with Crippen LogP contribution in [0.1, 0.15) is 58.3 Å². The van der Waals surface area contributed by atoms with E-state index < -0.39 is 0 Å². The van der Waals surface area contributed by atoms with Crippen molar-refractivity contribution in [1.29, 1.82) is 0 Å². The van der Waals surface area contributed by atoms with Gasteiger partial charge in [0.1, 0.15) is 5.52 Å². The number of aromatic nitrogens is 4. The van der Waals surface area contributed by atoms with E-state index in [-0.39, 0.29) is 17.5 Å². The number of rotatable bonds is 10. The van der Waals surface area contributed by atoms with Crippen molar-refractivity contribution in [1.82, 2.24) is 24.8 Å². The molecule has 0 amide bonds. The summed E-state index contributed by atoms with van der Waals surface area (Å²) >= 11 is 0. The van der Waals surface area contributed by atoms with Crippen LogP contribution in [0, 0.1) is 5.92 Å². The molecular formula is C19H32N6O2. The molecule has 2 aromatic heterocycles. The van der Waals surface area contributed by atoms with E-state index in [0.29, 0.717) is 24.3 Å². The maximum absolute atomic E-state index is 12.3. The number of nitrogens with two attached hydrogens (primary N) is 1. The number of unbranched alkanes of at least 4 members (excludes halogenated alkanes) is 3. The Morgan fingerprint density at radius 1 is 1.26 bits per heavy atom. The lowest BCUT2D eigenvalue weighted by molar-refractivity contribution is 0.286. The number of imidazole rings is 1. The van der Waals surface area contributed by atoms with E-state index in [0.717, 1.165) is 44.7 Å². The Kier molecular flexibility index (Phi) is 7.09. The van der Waals surface area contributed by atoms with Crippen molar-refractivity contribution in [2.24, 2.45) is 5.92 Å². The Labute approximate surface area is 159 Å². The van der Waals surface area contributed by atoms with Gasteiger partial charge in [-0.15, -0.1) is 0 Å². The van der Waals surface area contributed by atoms with Crippen molar-refractivity contribution in [3.05, 3.63) is 10.5 Å². The van der Waals surface area contributed by atoms with E-state index in [4.69, 9.17) is 10.5 Å². The lowest BCUT2D eigenvalue weighted by Crippen LogP contribution is -2.29. The van der Waals surface area contributed by atoms with Gasteiger partial charge < -0.3 is 20.8 Å². The summed E-state index contributed by atoms with van der Waals surface area (Å²) in [6.45, 7) is 5.59. The van der Waals surface area contributed by atoms with Crippen LogP contribution >= 0.6 is 0 Å². The zero-order chi connectivity index (χ0) is 19.1. The summed E-state index contributed by atoms with van der Waals surface area (Å²) in [5.74, 6) is 1.07. The molecule has 0 bridgehead atoms. The fourth-order valence-corrected chi connectivity index (χ4v) is 3.66. The maximum Gasteiger partial charge on any atom is 0.327 e. The summed E-state index contributed by atoms with van der Waals surface area (Å²) in [5.41, 5.74) is 6.83. The Morgan fingerprint density at radius 2 is 2.15 bits per heavy atom. The molecule has 0 aromatic carbocycles. The smallest absolute Gasteiger partial charge is 0.327 e. The predicted molar refractivity (Wildman–Crippen MR) is 107 cm³/mol. The van der Waals surface area contributed by atoms with Crippen molar-refractivity contribution < 1.29 is 4.74 Å². The Morgan fingerprint density at radius 3 is 2.93 bits per heavy atom. The molecule has 27 heavy (non-hydrogen) atoms. The van der Waals surface area contributed by atoms with Crippen LogP contribution in [-0.2, 0) is 6.54 Å². The van der Waals surface area contributed by atoms with Gasteiger partial charge in [-0.05, 0) is 51.1 Å². The minimum absolute atomic E-state index is 0.187. The third-order valence-corrected chi connectivity index (χ3v) is 5.25. The first-order chi connectivity index (χ1) is 13.2. The summed E-state index contributed by atoms with van der Waals surface area (Å²) in [4.78, 5) is 23.6. The number of piperidine rings is 1. The second-order valence-electron chi connectivity index (χ2n) is 7.44. The SMILES string of the molecule is CCCCOc1nc(N)c2[nH]c(=O)n(CCCCCC3CCCNC3)c2n1. The molecule has 1 atom stereocenters. The zero-order valence-corrected chi connectivity index (χ0v) is 16.3. The summed E-state index contributed by atoms with van der Waals surface area (Å²) in [6, 6.07) is 0.242. The van der Waals surface area contributed by atoms with Gasteiger partial charge in [0.05, 0.1) is 6.61 Å². The largest absolute Gasteiger partial charge is 0.463 e. The van der Waals surface area contributed by atoms with Crippen molar-refractivity contribution in [2.75, 3.05) is 25.4 Å². The summed E-state index contributed by atoms with van der Waals surface area (Å²) in [6.07, 6.45) is 9.11. The number of nitrogens with one attached hydrogen (secondary N) is 2. The molecule has 0 spiro atoms. The highest BCUT2D eigenvalue weighted by molar-refractivity contribution is 5.81. The number of anilines is 1. The molecule has 8 nitrogen and oxygen atoms in total. The normalized spacial score (nSPS) is 17.4. The molecule has 150 valence electrons. The van der Waals surface area contributed by atoms with E-state index in [9.17, 15) is 4.79 Å². The number of H-pyrrole nitrogens is 1. The highest BCUT2D eigenvalue weighted by Gasteiger charge is 2.15. The third-order valence-electron chi connectivity index (χ3n) is 5.25. The summed E-state index contributed by atoms with van der Waals surface area (Å²) in [7, 11) is 0. The molecule has 3 rings (SSSR count). The summed E-state index contributed by atoms with van der Waals surface area (Å²) in [5, 5.41) is 3.47. The quantitative estimate of drug-likeness (QED) is 0.549. The molecule has 3 heterocycles. The molecule has 0 aliphatic carbocycles. The Hall–Kier alpha value is -2.09. The van der Waals surface area contributed by atoms with E-state index in [1.54, 1.807) is 4.57 Å². The van der Waals surface area contributed by atoms with Crippen molar-refractivity contribution in [3.8, 4) is 6.01 Å². The lowest BCUT2D eigenvalue weighted by Gasteiger charge is -2.22. The fraction of sp³-hybridized carbons (Fsp3) is 0.737. The number of ether oxygens (including phenoxy) is 1. The van der Waals surface area contributed by atoms with Gasteiger partial charge in [-0.25, -0.2) is 4.79 Å². The van der Waals surface area contributed by atoms with Gasteiger partial charge in [0.15, 0.2) is 11.5 Å². The molecular weight excluding hydrogens is 344 g/mol. The molecule has 1 fully saturated rings. The molecule has 8 heteroatoms. The molecule has 1 unspecified atom stereocenters. The van der Waals surface area contributed by atoms with Crippen molar-refractivity contribution in [2.45, 2.75) is 64.8 Å².